The van der Waals surface area contributed by atoms with E-state index >= 15 is 0 Å². The van der Waals surface area contributed by atoms with Crippen molar-refractivity contribution >= 4 is 10.1 Å². The number of rotatable bonds is 1. The Balaban J connectivity index is 0.000000221. The van der Waals surface area contributed by atoms with Crippen molar-refractivity contribution < 1.29 is 30.8 Å². The molecule has 110 valence electrons. The molecule has 0 unspecified atom stereocenters. The molecule has 10 heteroatoms. The Morgan fingerprint density at radius 2 is 1.75 bits per heavy atom. The largest absolute Gasteiger partial charge is 0.741 e. The fourth-order valence-electron chi connectivity index (χ4n) is 1.12. The summed E-state index contributed by atoms with van der Waals surface area (Å²) in [5.74, 6) is 0. The second-order valence-electron chi connectivity index (χ2n) is 3.60. The standard InChI is InChI=1S/C9H9N3.CHF3O3S/c1-12-7-9(10-11-12)8-5-3-2-4-6-8;2-1(3,4)8(5,6)7/h2-7H,1H3;(H,5,6,7). The molecule has 1 aromatic carbocycles. The molecule has 0 saturated heterocycles. The molecule has 1 N–H and O–H groups in total. The number of hydrogen-bond donors (Lipinski definition) is 1. The van der Waals surface area contributed by atoms with Crippen molar-refractivity contribution in [3.8, 4) is 11.3 Å². The molecule has 0 atom stereocenters. The molecular weight excluding hydrogens is 299 g/mol. The first-order chi connectivity index (χ1) is 9.11. The second-order valence-corrected chi connectivity index (χ2v) is 4.97. The topological polar surface area (TPSA) is 89.8 Å². The van der Waals surface area contributed by atoms with Gasteiger partial charge in [-0.1, -0.05) is 35.5 Å². The van der Waals surface area contributed by atoms with Gasteiger partial charge in [-0.3, -0.25) is 0 Å². The van der Waals surface area contributed by atoms with E-state index in [0.29, 0.717) is 0 Å². The Morgan fingerprint density at radius 3 is 2.10 bits per heavy atom. The zero-order chi connectivity index (χ0) is 15.4. The summed E-state index contributed by atoms with van der Waals surface area (Å²) in [7, 11) is -4.17. The van der Waals surface area contributed by atoms with Crippen molar-refractivity contribution in [2.45, 2.75) is 5.51 Å². The van der Waals surface area contributed by atoms with Crippen molar-refractivity contribution in [2.24, 2.45) is 7.05 Å². The maximum atomic E-state index is 10.7. The van der Waals surface area contributed by atoms with Crippen LogP contribution in [0.3, 0.4) is 0 Å². The highest BCUT2D eigenvalue weighted by molar-refractivity contribution is 7.86. The molecule has 2 aromatic rings. The molecule has 0 amide bonds. The van der Waals surface area contributed by atoms with E-state index in [2.05, 4.69) is 10.3 Å². The molecule has 20 heavy (non-hydrogen) atoms. The highest BCUT2D eigenvalue weighted by Gasteiger charge is 2.36. The third-order valence-corrected chi connectivity index (χ3v) is 2.56. The van der Waals surface area contributed by atoms with Gasteiger partial charge in [0.1, 0.15) is 7.05 Å². The van der Waals surface area contributed by atoms with Crippen LogP contribution in [-0.4, -0.2) is 28.8 Å². The Kier molecular flexibility index (Phi) is 4.84. The lowest BCUT2D eigenvalue weighted by atomic mass is 10.2. The predicted molar refractivity (Wildman–Crippen MR) is 61.0 cm³/mol. The molecule has 0 aliphatic rings. The monoisotopic (exact) mass is 309 g/mol. The number of aromatic amines is 1. The van der Waals surface area contributed by atoms with E-state index in [1.54, 1.807) is 0 Å². The number of halogens is 3. The van der Waals surface area contributed by atoms with Gasteiger partial charge < -0.3 is 4.55 Å². The average molecular weight is 309 g/mol. The second kappa shape index (κ2) is 6.01. The Morgan fingerprint density at radius 1 is 1.25 bits per heavy atom. The van der Waals surface area contributed by atoms with Crippen LogP contribution >= 0.6 is 0 Å². The number of benzene rings is 1. The van der Waals surface area contributed by atoms with Crippen LogP contribution in [0.2, 0.25) is 0 Å². The normalized spacial score (nSPS) is 11.7. The molecule has 1 aromatic heterocycles. The van der Waals surface area contributed by atoms with E-state index in [4.69, 9.17) is 13.0 Å². The number of alkyl halides is 3. The van der Waals surface area contributed by atoms with Crippen molar-refractivity contribution in [1.29, 1.82) is 0 Å². The van der Waals surface area contributed by atoms with E-state index in [0.717, 1.165) is 11.3 Å². The van der Waals surface area contributed by atoms with Crippen LogP contribution in [0, 0.1) is 0 Å². The van der Waals surface area contributed by atoms with E-state index < -0.39 is 15.6 Å². The fourth-order valence-corrected chi connectivity index (χ4v) is 1.12. The molecule has 0 saturated carbocycles. The highest BCUT2D eigenvalue weighted by Crippen LogP contribution is 2.20. The lowest BCUT2D eigenvalue weighted by Crippen LogP contribution is -2.28. The summed E-state index contributed by atoms with van der Waals surface area (Å²) in [6.07, 6.45) is 1.95. The van der Waals surface area contributed by atoms with Crippen LogP contribution in [-0.2, 0) is 17.2 Å². The number of aryl methyl sites for hydroxylation is 1. The molecule has 6 nitrogen and oxygen atoms in total. The molecule has 0 fully saturated rings. The van der Waals surface area contributed by atoms with Crippen LogP contribution in [0.1, 0.15) is 0 Å². The maximum Gasteiger partial charge on any atom is 0.485 e. The Bertz CT molecular complexity index is 653. The predicted octanol–water partition coefficient (Wildman–Crippen LogP) is 0.953. The highest BCUT2D eigenvalue weighted by atomic mass is 32.2. The van der Waals surface area contributed by atoms with Gasteiger partial charge >= 0.3 is 5.51 Å². The summed E-state index contributed by atoms with van der Waals surface area (Å²) in [4.78, 5) is 0. The molecule has 2 rings (SSSR count). The van der Waals surface area contributed by atoms with Gasteiger partial charge in [0.05, 0.1) is 0 Å². The fraction of sp³-hybridized carbons (Fsp3) is 0.200. The summed E-state index contributed by atoms with van der Waals surface area (Å²) in [6, 6.07) is 10.1. The zero-order valence-corrected chi connectivity index (χ0v) is 10.9. The van der Waals surface area contributed by atoms with E-state index in [1.165, 1.54) is 0 Å². The minimum atomic E-state index is -6.09. The van der Waals surface area contributed by atoms with Crippen LogP contribution in [0.25, 0.3) is 11.3 Å². The van der Waals surface area contributed by atoms with Gasteiger partial charge in [-0.15, -0.1) is 0 Å². The summed E-state index contributed by atoms with van der Waals surface area (Å²) in [6.45, 7) is 0. The maximum absolute atomic E-state index is 10.7. The third kappa shape index (κ3) is 4.63. The summed E-state index contributed by atoms with van der Waals surface area (Å²) in [5.41, 5.74) is -3.54. The lowest BCUT2D eigenvalue weighted by Gasteiger charge is -2.08. The number of nitrogens with zero attached hydrogens (tertiary/aromatic N) is 2. The van der Waals surface area contributed by atoms with E-state index in [9.17, 15) is 13.2 Å². The minimum Gasteiger partial charge on any atom is -0.741 e. The van der Waals surface area contributed by atoms with Gasteiger partial charge in [0.2, 0.25) is 5.69 Å². The Hall–Kier alpha value is -1.94. The van der Waals surface area contributed by atoms with Gasteiger partial charge in [0, 0.05) is 10.7 Å². The first-order valence-corrected chi connectivity index (χ1v) is 6.50. The molecule has 0 aliphatic carbocycles. The van der Waals surface area contributed by atoms with Gasteiger partial charge in [-0.25, -0.2) is 8.42 Å². The van der Waals surface area contributed by atoms with Gasteiger partial charge in [0.25, 0.3) is 0 Å². The lowest BCUT2D eigenvalue weighted by molar-refractivity contribution is -0.730. The minimum absolute atomic E-state index is 0.970. The van der Waals surface area contributed by atoms with Crippen LogP contribution in [0.4, 0.5) is 13.2 Å². The van der Waals surface area contributed by atoms with Crippen LogP contribution < -0.4 is 4.68 Å². The SMILES string of the molecule is C[n+]1cc(-c2ccccc2)n[nH]1.O=S(=O)([O-])C(F)(F)F. The zero-order valence-electron chi connectivity index (χ0n) is 10.1. The van der Waals surface area contributed by atoms with Crippen LogP contribution in [0.15, 0.2) is 36.5 Å². The molecule has 1 heterocycles. The van der Waals surface area contributed by atoms with Gasteiger partial charge in [-0.2, -0.15) is 17.9 Å². The average Bonchev–Trinajstić information content (AvgIpc) is 2.75. The van der Waals surface area contributed by atoms with Crippen molar-refractivity contribution in [3.05, 3.63) is 36.5 Å². The van der Waals surface area contributed by atoms with Crippen molar-refractivity contribution in [3.63, 3.8) is 0 Å². The third-order valence-electron chi connectivity index (χ3n) is 2.00. The first kappa shape index (κ1) is 16.1. The van der Waals surface area contributed by atoms with E-state index in [-0.39, 0.29) is 0 Å². The molecule has 0 bridgehead atoms. The first-order valence-electron chi connectivity index (χ1n) is 5.10. The number of H-pyrrole nitrogens is 1. The van der Waals surface area contributed by atoms with Crippen molar-refractivity contribution in [1.82, 2.24) is 10.3 Å². The summed E-state index contributed by atoms with van der Waals surface area (Å²) in [5, 5.41) is 6.96. The molecule has 0 spiro atoms. The van der Waals surface area contributed by atoms with E-state index in [1.807, 2.05) is 48.3 Å². The number of aromatic nitrogens is 3. The Labute approximate surface area is 112 Å². The summed E-state index contributed by atoms with van der Waals surface area (Å²) >= 11 is 0. The van der Waals surface area contributed by atoms with Gasteiger partial charge in [0.15, 0.2) is 16.3 Å². The summed E-state index contributed by atoms with van der Waals surface area (Å²) < 4.78 is 60.7. The quantitative estimate of drug-likeness (QED) is 0.482. The number of hydrogen-bond acceptors (Lipinski definition) is 4. The molecule has 0 radical (unpaired) electrons. The van der Waals surface area contributed by atoms with Crippen molar-refractivity contribution in [2.75, 3.05) is 0 Å². The molecular formula is C10H10F3N3O3S. The van der Waals surface area contributed by atoms with Gasteiger partial charge in [-0.05, 0) is 0 Å². The van der Waals surface area contributed by atoms with Crippen LogP contribution in [0.5, 0.6) is 0 Å². The smallest absolute Gasteiger partial charge is 0.485 e. The number of nitrogens with one attached hydrogen (secondary N) is 1. The molecule has 0 aliphatic heterocycles.